The quantitative estimate of drug-likeness (QED) is 0.396. The second kappa shape index (κ2) is 9.51. The smallest absolute Gasteiger partial charge is 0.260 e. The van der Waals surface area contributed by atoms with E-state index in [4.69, 9.17) is 14.6 Å². The molecule has 1 amide bonds. The van der Waals surface area contributed by atoms with E-state index < -0.39 is 0 Å². The number of hydrogen-bond acceptors (Lipinski definition) is 8. The number of ether oxygens (including phenoxy) is 2. The van der Waals surface area contributed by atoms with Gasteiger partial charge >= 0.3 is 0 Å². The van der Waals surface area contributed by atoms with Crippen molar-refractivity contribution >= 4 is 34.0 Å². The summed E-state index contributed by atoms with van der Waals surface area (Å²) in [7, 11) is 5.19. The number of aromatic nitrogens is 5. The molecule has 0 spiro atoms. The van der Waals surface area contributed by atoms with E-state index in [1.165, 1.54) is 7.11 Å². The molecule has 1 saturated heterocycles. The van der Waals surface area contributed by atoms with Gasteiger partial charge < -0.3 is 25.0 Å². The number of aryl methyl sites for hydroxylation is 1. The number of likely N-dealkylation sites (N-methyl/N-ethyl adjacent to an activating group) is 1. The predicted octanol–water partition coefficient (Wildman–Crippen LogP) is 2.09. The molecule has 1 fully saturated rings. The molecule has 1 aliphatic rings. The Balaban J connectivity index is 1.51. The number of amides is 1. The van der Waals surface area contributed by atoms with Crippen LogP contribution in [0.1, 0.15) is 22.5 Å². The second-order valence-electron chi connectivity index (χ2n) is 8.70. The molecule has 1 aliphatic heterocycles. The Hall–Kier alpha value is -3.70. The molecule has 0 aliphatic carbocycles. The van der Waals surface area contributed by atoms with Crippen molar-refractivity contribution in [3.63, 3.8) is 0 Å². The topological polar surface area (TPSA) is 111 Å². The van der Waals surface area contributed by atoms with Gasteiger partial charge in [-0.15, -0.1) is 0 Å². The van der Waals surface area contributed by atoms with Gasteiger partial charge in [0.1, 0.15) is 5.52 Å². The van der Waals surface area contributed by atoms with Crippen molar-refractivity contribution in [3.8, 4) is 5.88 Å². The Morgan fingerprint density at radius 2 is 2.06 bits per heavy atom. The van der Waals surface area contributed by atoms with Gasteiger partial charge in [-0.3, -0.25) is 13.9 Å². The Morgan fingerprint density at radius 3 is 2.80 bits per heavy atom. The molecule has 11 heteroatoms. The van der Waals surface area contributed by atoms with E-state index in [0.29, 0.717) is 47.6 Å². The van der Waals surface area contributed by atoms with E-state index in [1.807, 2.05) is 43.2 Å². The van der Waals surface area contributed by atoms with Crippen LogP contribution in [0, 0.1) is 6.92 Å². The number of carbonyl (C=O) groups is 1. The molecule has 4 aromatic rings. The molecule has 11 nitrogen and oxygen atoms in total. The standard InChI is InChI=1S/C24H30N8O3/c1-15-11-31-14-20(28-24(35-4)22(31)26-15)27-23(33)17-5-6-19(30-8-7-16(12-30)25-2)18-13-32(9-10-34-3)29-21(17)18/h5-6,11,13-14,16,25H,7-10,12H2,1-4H3,(H,27,33). The minimum Gasteiger partial charge on any atom is -0.478 e. The summed E-state index contributed by atoms with van der Waals surface area (Å²) in [4.78, 5) is 24.6. The molecule has 1 atom stereocenters. The third-order valence-electron chi connectivity index (χ3n) is 6.37. The van der Waals surface area contributed by atoms with Gasteiger partial charge in [0.15, 0.2) is 5.82 Å². The van der Waals surface area contributed by atoms with Gasteiger partial charge in [0.05, 0.1) is 37.7 Å². The number of imidazole rings is 1. The highest BCUT2D eigenvalue weighted by Gasteiger charge is 2.25. The normalized spacial score (nSPS) is 15.9. The van der Waals surface area contributed by atoms with Gasteiger partial charge in [-0.2, -0.15) is 10.1 Å². The largest absolute Gasteiger partial charge is 0.478 e. The van der Waals surface area contributed by atoms with Crippen molar-refractivity contribution < 1.29 is 14.3 Å². The van der Waals surface area contributed by atoms with Crippen LogP contribution in [0.25, 0.3) is 16.6 Å². The van der Waals surface area contributed by atoms with E-state index in [0.717, 1.165) is 36.3 Å². The number of methoxy groups -OCH3 is 2. The minimum absolute atomic E-state index is 0.293. The van der Waals surface area contributed by atoms with E-state index in [9.17, 15) is 4.79 Å². The minimum atomic E-state index is -0.293. The van der Waals surface area contributed by atoms with Gasteiger partial charge in [0, 0.05) is 49.7 Å². The Bertz CT molecular complexity index is 1380. The number of rotatable bonds is 8. The summed E-state index contributed by atoms with van der Waals surface area (Å²) in [5, 5.41) is 12.0. The summed E-state index contributed by atoms with van der Waals surface area (Å²) in [6.07, 6.45) is 6.64. The Morgan fingerprint density at radius 1 is 1.20 bits per heavy atom. The van der Waals surface area contributed by atoms with Crippen molar-refractivity contribution in [1.82, 2.24) is 29.5 Å². The number of nitrogens with zero attached hydrogens (tertiary/aromatic N) is 6. The summed E-state index contributed by atoms with van der Waals surface area (Å²) in [6.45, 7) is 4.88. The zero-order valence-corrected chi connectivity index (χ0v) is 20.4. The highest BCUT2D eigenvalue weighted by atomic mass is 16.5. The van der Waals surface area contributed by atoms with E-state index >= 15 is 0 Å². The van der Waals surface area contributed by atoms with Crippen LogP contribution in [0.2, 0.25) is 0 Å². The molecule has 184 valence electrons. The van der Waals surface area contributed by atoms with Crippen LogP contribution >= 0.6 is 0 Å². The highest BCUT2D eigenvalue weighted by Crippen LogP contribution is 2.32. The van der Waals surface area contributed by atoms with Gasteiger partial charge in [-0.05, 0) is 32.5 Å². The molecular formula is C24H30N8O3. The van der Waals surface area contributed by atoms with Crippen molar-refractivity contribution in [2.24, 2.45) is 0 Å². The lowest BCUT2D eigenvalue weighted by atomic mass is 10.1. The molecule has 1 aromatic carbocycles. The predicted molar refractivity (Wildman–Crippen MR) is 134 cm³/mol. The van der Waals surface area contributed by atoms with Crippen molar-refractivity contribution in [1.29, 1.82) is 0 Å². The fraction of sp³-hybridized carbons (Fsp3) is 0.417. The zero-order chi connectivity index (χ0) is 24.5. The number of hydrogen-bond donors (Lipinski definition) is 2. The Kier molecular flexibility index (Phi) is 6.27. The van der Waals surface area contributed by atoms with Crippen molar-refractivity contribution in [3.05, 3.63) is 42.0 Å². The molecule has 1 unspecified atom stereocenters. The number of anilines is 2. The lowest BCUT2D eigenvalue weighted by Gasteiger charge is -2.20. The first kappa shape index (κ1) is 23.1. The average molecular weight is 479 g/mol. The first-order valence-corrected chi connectivity index (χ1v) is 11.6. The molecular weight excluding hydrogens is 448 g/mol. The van der Waals surface area contributed by atoms with Crippen LogP contribution in [0.5, 0.6) is 5.88 Å². The number of nitrogens with one attached hydrogen (secondary N) is 2. The van der Waals surface area contributed by atoms with Crippen LogP contribution in [-0.4, -0.2) is 77.1 Å². The molecule has 2 N–H and O–H groups in total. The van der Waals surface area contributed by atoms with E-state index in [2.05, 4.69) is 25.5 Å². The summed E-state index contributed by atoms with van der Waals surface area (Å²) in [5.41, 5.74) is 3.63. The summed E-state index contributed by atoms with van der Waals surface area (Å²) < 4.78 is 14.2. The lowest BCUT2D eigenvalue weighted by Crippen LogP contribution is -2.29. The summed E-state index contributed by atoms with van der Waals surface area (Å²) >= 11 is 0. The molecule has 4 heterocycles. The van der Waals surface area contributed by atoms with Crippen molar-refractivity contribution in [2.45, 2.75) is 25.9 Å². The van der Waals surface area contributed by atoms with Gasteiger partial charge in [0.25, 0.3) is 11.8 Å². The number of carbonyl (C=O) groups excluding carboxylic acids is 1. The Labute approximate surface area is 203 Å². The fourth-order valence-electron chi connectivity index (χ4n) is 4.59. The van der Waals surface area contributed by atoms with Gasteiger partial charge in [-0.1, -0.05) is 0 Å². The first-order valence-electron chi connectivity index (χ1n) is 11.6. The number of fused-ring (bicyclic) bond motifs is 2. The maximum Gasteiger partial charge on any atom is 0.260 e. The van der Waals surface area contributed by atoms with Crippen LogP contribution in [0.3, 0.4) is 0 Å². The second-order valence-corrected chi connectivity index (χ2v) is 8.70. The molecule has 0 bridgehead atoms. The van der Waals surface area contributed by atoms with Gasteiger partial charge in [-0.25, -0.2) is 4.98 Å². The van der Waals surface area contributed by atoms with Crippen molar-refractivity contribution in [2.75, 3.05) is 51.2 Å². The van der Waals surface area contributed by atoms with Gasteiger partial charge in [0.2, 0.25) is 5.65 Å². The molecule has 0 radical (unpaired) electrons. The fourth-order valence-corrected chi connectivity index (χ4v) is 4.59. The highest BCUT2D eigenvalue weighted by molar-refractivity contribution is 6.13. The summed E-state index contributed by atoms with van der Waals surface area (Å²) in [6, 6.07) is 4.29. The monoisotopic (exact) mass is 478 g/mol. The molecule has 35 heavy (non-hydrogen) atoms. The van der Waals surface area contributed by atoms with Crippen LogP contribution in [0.15, 0.2) is 30.7 Å². The first-order chi connectivity index (χ1) is 17.0. The van der Waals surface area contributed by atoms with Crippen LogP contribution < -0.4 is 20.3 Å². The average Bonchev–Trinajstić information content (AvgIpc) is 3.58. The third-order valence-corrected chi connectivity index (χ3v) is 6.37. The molecule has 0 saturated carbocycles. The maximum absolute atomic E-state index is 13.4. The SMILES string of the molecule is CNC1CCN(c2ccc(C(=O)Nc3cn4cc(C)nc4c(OC)n3)c3nn(CCOC)cc23)C1. The van der Waals surface area contributed by atoms with E-state index in [-0.39, 0.29) is 5.91 Å². The maximum atomic E-state index is 13.4. The van der Waals surface area contributed by atoms with Crippen LogP contribution in [-0.2, 0) is 11.3 Å². The van der Waals surface area contributed by atoms with Crippen LogP contribution in [0.4, 0.5) is 11.5 Å². The summed E-state index contributed by atoms with van der Waals surface area (Å²) in [5.74, 6) is 0.413. The van der Waals surface area contributed by atoms with E-state index in [1.54, 1.807) is 17.7 Å². The zero-order valence-electron chi connectivity index (χ0n) is 20.4. The number of benzene rings is 1. The molecule has 5 rings (SSSR count). The molecule has 3 aromatic heterocycles. The lowest BCUT2D eigenvalue weighted by molar-refractivity contribution is 0.102. The third kappa shape index (κ3) is 4.40.